The number of halogens is 1. The summed E-state index contributed by atoms with van der Waals surface area (Å²) in [5.41, 5.74) is 2.79. The van der Waals surface area contributed by atoms with E-state index in [0.717, 1.165) is 17.7 Å². The smallest absolute Gasteiger partial charge is 0.262 e. The molecular weight excluding hydrogens is 802 g/mol. The first kappa shape index (κ1) is 43.1. The lowest BCUT2D eigenvalue weighted by Gasteiger charge is -2.27. The van der Waals surface area contributed by atoms with Crippen LogP contribution < -0.4 is 20.7 Å². The number of nitrogens with one attached hydrogen (secondary N) is 3. The maximum Gasteiger partial charge on any atom is 0.262 e. The Morgan fingerprint density at radius 1 is 0.984 bits per heavy atom. The zero-order valence-electron chi connectivity index (χ0n) is 34.3. The molecule has 1 unspecified atom stereocenters. The summed E-state index contributed by atoms with van der Waals surface area (Å²) in [6.07, 6.45) is 9.10. The maximum atomic E-state index is 15.7. The number of unbranched alkanes of at least 4 members (excludes halogenated alkanes) is 3. The zero-order valence-corrected chi connectivity index (χ0v) is 34.3. The number of aliphatic hydroxyl groups excluding tert-OH is 1. The summed E-state index contributed by atoms with van der Waals surface area (Å²) in [6, 6.07) is 11.6. The van der Waals surface area contributed by atoms with Crippen LogP contribution in [0.2, 0.25) is 0 Å². The van der Waals surface area contributed by atoms with E-state index in [1.54, 1.807) is 54.2 Å². The number of nitrogens with zero attached hydrogens (tertiary/aromatic N) is 4. The lowest BCUT2D eigenvalue weighted by molar-refractivity contribution is -0.136. The molecule has 3 aromatic heterocycles. The van der Waals surface area contributed by atoms with Gasteiger partial charge in [-0.3, -0.25) is 48.5 Å². The Morgan fingerprint density at radius 3 is 2.53 bits per heavy atom. The molecule has 1 saturated heterocycles. The Morgan fingerprint density at radius 2 is 1.79 bits per heavy atom. The predicted molar refractivity (Wildman–Crippen MR) is 223 cm³/mol. The first-order chi connectivity index (χ1) is 29.8. The van der Waals surface area contributed by atoms with E-state index in [1.807, 2.05) is 0 Å². The second-order valence-corrected chi connectivity index (χ2v) is 15.4. The summed E-state index contributed by atoms with van der Waals surface area (Å²) in [5, 5.41) is 21.7. The highest BCUT2D eigenvalue weighted by atomic mass is 19.1. The van der Waals surface area contributed by atoms with Gasteiger partial charge >= 0.3 is 0 Å². The van der Waals surface area contributed by atoms with E-state index in [1.165, 1.54) is 36.0 Å². The average molecular weight is 848 g/mol. The van der Waals surface area contributed by atoms with Crippen LogP contribution in [0.15, 0.2) is 67.1 Å². The molecule has 4 N–H and O–H groups in total. The number of ether oxygens (including phenoxy) is 1. The number of carbonyl (C=O) groups excluding carboxylic acids is 7. The third kappa shape index (κ3) is 9.17. The van der Waals surface area contributed by atoms with Crippen molar-refractivity contribution in [1.29, 1.82) is 0 Å². The van der Waals surface area contributed by atoms with E-state index in [2.05, 4.69) is 21.0 Å². The van der Waals surface area contributed by atoms with Crippen molar-refractivity contribution in [2.24, 2.45) is 7.05 Å². The molecule has 7 rings (SSSR count). The number of piperidine rings is 1. The normalized spacial score (nSPS) is 14.9. The molecule has 2 aliphatic rings. The highest BCUT2D eigenvalue weighted by molar-refractivity contribution is 6.24. The van der Waals surface area contributed by atoms with Crippen molar-refractivity contribution in [3.05, 3.63) is 106 Å². The van der Waals surface area contributed by atoms with Gasteiger partial charge in [-0.2, -0.15) is 5.10 Å². The molecule has 0 radical (unpaired) electrons. The van der Waals surface area contributed by atoms with Crippen LogP contribution in [0.4, 0.5) is 10.1 Å². The van der Waals surface area contributed by atoms with Gasteiger partial charge in [-0.1, -0.05) is 25.0 Å². The van der Waals surface area contributed by atoms with Crippen LogP contribution in [0.25, 0.3) is 16.6 Å². The summed E-state index contributed by atoms with van der Waals surface area (Å²) in [6.45, 7) is 1.74. The number of hydrogen-bond acceptors (Lipinski definition) is 10. The van der Waals surface area contributed by atoms with Crippen LogP contribution in [0.1, 0.15) is 111 Å². The zero-order chi connectivity index (χ0) is 44.1. The Hall–Kier alpha value is -7.01. The molecule has 1 fully saturated rings. The van der Waals surface area contributed by atoms with Gasteiger partial charge in [-0.05, 0) is 73.6 Å². The van der Waals surface area contributed by atoms with Crippen molar-refractivity contribution in [1.82, 2.24) is 29.7 Å². The van der Waals surface area contributed by atoms with Crippen LogP contribution in [0.3, 0.4) is 0 Å². The largest absolute Gasteiger partial charge is 0.493 e. The van der Waals surface area contributed by atoms with Gasteiger partial charge in [0.1, 0.15) is 11.8 Å². The van der Waals surface area contributed by atoms with Crippen molar-refractivity contribution < 1.29 is 47.8 Å². The second kappa shape index (κ2) is 18.7. The molecule has 0 aliphatic carbocycles. The molecule has 6 amide bonds. The minimum Gasteiger partial charge on any atom is -0.493 e. The minimum absolute atomic E-state index is 0.0424. The quantitative estimate of drug-likeness (QED) is 0.0532. The van der Waals surface area contributed by atoms with E-state index < -0.39 is 41.4 Å². The summed E-state index contributed by atoms with van der Waals surface area (Å²) < 4.78 is 24.8. The fourth-order valence-corrected chi connectivity index (χ4v) is 7.87. The van der Waals surface area contributed by atoms with Crippen molar-refractivity contribution in [2.45, 2.75) is 77.4 Å². The second-order valence-electron chi connectivity index (χ2n) is 15.4. The third-order valence-corrected chi connectivity index (χ3v) is 11.0. The third-order valence-electron chi connectivity index (χ3n) is 11.0. The number of hydrogen-bond donors (Lipinski definition) is 4. The number of ketones is 1. The number of pyridine rings is 1. The molecule has 2 aromatic carbocycles. The number of aliphatic hydroxyl groups is 1. The summed E-state index contributed by atoms with van der Waals surface area (Å²) in [5.74, 6) is -3.47. The number of anilines is 1. The Kier molecular flexibility index (Phi) is 13.0. The van der Waals surface area contributed by atoms with Crippen LogP contribution in [0.5, 0.6) is 5.75 Å². The molecule has 2 aliphatic heterocycles. The molecule has 0 bridgehead atoms. The maximum absolute atomic E-state index is 15.7. The fourth-order valence-electron chi connectivity index (χ4n) is 7.87. The van der Waals surface area contributed by atoms with Gasteiger partial charge in [-0.25, -0.2) is 4.39 Å². The molecular formula is C45H46FN7O9. The van der Waals surface area contributed by atoms with E-state index >= 15 is 4.39 Å². The van der Waals surface area contributed by atoms with Gasteiger partial charge in [0, 0.05) is 62.9 Å². The molecule has 0 spiro atoms. The SMILES string of the molecule is CC(=O)c1cc(C(=O)Nc2cc(CO)cc(-c3cnn(C)c3)c2F)c2cc(OCCCCCCC(=O)NCCCc3cccc4c3C(=O)N(C3CCC(=O)NC3=O)C4=O)ccn12. The molecule has 62 heavy (non-hydrogen) atoms. The minimum atomic E-state index is -1.04. The average Bonchev–Trinajstić information content (AvgIpc) is 3.93. The number of benzene rings is 2. The van der Waals surface area contributed by atoms with Gasteiger partial charge in [-0.15, -0.1) is 0 Å². The Bertz CT molecular complexity index is 2610. The van der Waals surface area contributed by atoms with Gasteiger partial charge in [0.2, 0.25) is 17.7 Å². The molecule has 5 aromatic rings. The first-order valence-corrected chi connectivity index (χ1v) is 20.5. The monoisotopic (exact) mass is 847 g/mol. The van der Waals surface area contributed by atoms with Crippen LogP contribution in [0, 0.1) is 5.82 Å². The first-order valence-electron chi connectivity index (χ1n) is 20.5. The summed E-state index contributed by atoms with van der Waals surface area (Å²) in [7, 11) is 1.69. The van der Waals surface area contributed by atoms with Crippen LogP contribution in [-0.2, 0) is 34.5 Å². The van der Waals surface area contributed by atoms with Crippen molar-refractivity contribution in [3.63, 3.8) is 0 Å². The lowest BCUT2D eigenvalue weighted by atomic mass is 9.99. The van der Waals surface area contributed by atoms with Gasteiger partial charge in [0.05, 0.1) is 53.0 Å². The molecule has 0 saturated carbocycles. The highest BCUT2D eigenvalue weighted by Crippen LogP contribution is 2.32. The van der Waals surface area contributed by atoms with Gasteiger partial charge in [0.15, 0.2) is 11.6 Å². The van der Waals surface area contributed by atoms with Gasteiger partial charge in [0.25, 0.3) is 17.7 Å². The number of Topliss-reactive ketones (excluding diaryl/α,β-unsaturated/α-hetero) is 1. The molecule has 17 heteroatoms. The standard InChI is InChI=1S/C45H46FN7O9/c1-26(55)36-22-33(42(58)49-34-20-27(25-54)19-32(41(34)46)29-23-48-51(2)24-29)37-21-30(15-17-52(36)37)62-18-6-4-3-5-12-38(56)47-16-8-10-28-9-7-11-31-40(28)45(61)53(44(31)60)35-13-14-39(57)50-43(35)59/h7,9,11,15,17,19-24,35,54H,3-6,8,10,12-14,16,18,25H2,1-2H3,(H,47,56)(H,49,58)(H,50,57,59). The van der Waals surface area contributed by atoms with Crippen LogP contribution in [-0.4, -0.2) is 84.6 Å². The summed E-state index contributed by atoms with van der Waals surface area (Å²) >= 11 is 0. The number of aryl methyl sites for hydroxylation is 2. The number of fused-ring (bicyclic) bond motifs is 2. The van der Waals surface area contributed by atoms with E-state index in [4.69, 9.17) is 4.74 Å². The molecule has 5 heterocycles. The predicted octanol–water partition coefficient (Wildman–Crippen LogP) is 4.91. The van der Waals surface area contributed by atoms with E-state index in [-0.39, 0.29) is 64.8 Å². The number of carbonyl (C=O) groups is 7. The summed E-state index contributed by atoms with van der Waals surface area (Å²) in [4.78, 5) is 90.1. The topological polar surface area (TPSA) is 211 Å². The van der Waals surface area contributed by atoms with Gasteiger partial charge < -0.3 is 24.9 Å². The number of aromatic nitrogens is 3. The van der Waals surface area contributed by atoms with Crippen molar-refractivity contribution >= 4 is 52.4 Å². The van der Waals surface area contributed by atoms with Crippen molar-refractivity contribution in [3.8, 4) is 16.9 Å². The van der Waals surface area contributed by atoms with E-state index in [0.29, 0.717) is 73.2 Å². The Balaban J connectivity index is 0.857. The lowest BCUT2D eigenvalue weighted by Crippen LogP contribution is -2.54. The fraction of sp³-hybridized carbons (Fsp3) is 0.333. The molecule has 16 nitrogen and oxygen atoms in total. The highest BCUT2D eigenvalue weighted by Gasteiger charge is 2.45. The number of amides is 6. The number of imide groups is 2. The molecule has 322 valence electrons. The molecule has 1 atom stereocenters. The Labute approximate surface area is 355 Å². The van der Waals surface area contributed by atoms with Crippen LogP contribution >= 0.6 is 0 Å². The number of rotatable bonds is 18. The van der Waals surface area contributed by atoms with Crippen molar-refractivity contribution in [2.75, 3.05) is 18.5 Å². The van der Waals surface area contributed by atoms with E-state index in [9.17, 15) is 38.7 Å².